The maximum atomic E-state index is 12.9. The summed E-state index contributed by atoms with van der Waals surface area (Å²) < 4.78 is 13.4. The van der Waals surface area contributed by atoms with Crippen LogP contribution in [0.5, 0.6) is 0 Å². The summed E-state index contributed by atoms with van der Waals surface area (Å²) in [6, 6.07) is 2.86. The van der Waals surface area contributed by atoms with Gasteiger partial charge < -0.3 is 10.4 Å². The minimum atomic E-state index is -1.06. The van der Waals surface area contributed by atoms with Crippen molar-refractivity contribution in [2.45, 2.75) is 32.2 Å². The van der Waals surface area contributed by atoms with Gasteiger partial charge in [-0.25, -0.2) is 9.18 Å². The Morgan fingerprint density at radius 3 is 2.68 bits per heavy atom. The molecule has 0 aromatic heterocycles. The van der Waals surface area contributed by atoms with Gasteiger partial charge in [-0.15, -0.1) is 0 Å². The number of carbonyl (C=O) groups is 2. The summed E-state index contributed by atoms with van der Waals surface area (Å²) in [6.45, 7) is 1.95. The van der Waals surface area contributed by atoms with Gasteiger partial charge >= 0.3 is 5.97 Å². The van der Waals surface area contributed by atoms with Crippen LogP contribution in [-0.2, 0) is 4.79 Å². The normalized spacial score (nSPS) is 11.9. The molecule has 0 radical (unpaired) electrons. The van der Waals surface area contributed by atoms with Crippen molar-refractivity contribution in [3.05, 3.63) is 33.1 Å². The van der Waals surface area contributed by atoms with E-state index in [-0.39, 0.29) is 5.56 Å². The average Bonchev–Trinajstić information content (AvgIpc) is 2.33. The van der Waals surface area contributed by atoms with Crippen LogP contribution in [0.25, 0.3) is 0 Å². The van der Waals surface area contributed by atoms with Crippen LogP contribution in [0.4, 0.5) is 4.39 Å². The molecule has 0 saturated carbocycles. The van der Waals surface area contributed by atoms with Crippen LogP contribution >= 0.6 is 22.6 Å². The van der Waals surface area contributed by atoms with E-state index in [1.165, 1.54) is 18.2 Å². The third-order valence-electron chi connectivity index (χ3n) is 2.63. The second-order valence-electron chi connectivity index (χ2n) is 4.13. The van der Waals surface area contributed by atoms with Gasteiger partial charge in [-0.3, -0.25) is 4.79 Å². The molecule has 4 nitrogen and oxygen atoms in total. The number of hydrogen-bond acceptors (Lipinski definition) is 2. The molecular formula is C13H15FINO3. The lowest BCUT2D eigenvalue weighted by molar-refractivity contribution is -0.139. The number of hydrogen-bond donors (Lipinski definition) is 2. The number of carbonyl (C=O) groups excluding carboxylic acids is 1. The largest absolute Gasteiger partial charge is 0.480 e. The van der Waals surface area contributed by atoms with E-state index in [1.807, 2.05) is 29.5 Å². The predicted molar refractivity (Wildman–Crippen MR) is 77.5 cm³/mol. The lowest BCUT2D eigenvalue weighted by Crippen LogP contribution is -2.41. The highest BCUT2D eigenvalue weighted by atomic mass is 127. The van der Waals surface area contributed by atoms with Crippen molar-refractivity contribution in [1.29, 1.82) is 0 Å². The van der Waals surface area contributed by atoms with Gasteiger partial charge in [-0.05, 0) is 47.2 Å². The Hall–Kier alpha value is -1.18. The highest BCUT2D eigenvalue weighted by Gasteiger charge is 2.21. The number of rotatable bonds is 6. The number of carboxylic acids is 1. The van der Waals surface area contributed by atoms with Crippen molar-refractivity contribution in [2.75, 3.05) is 0 Å². The molecule has 0 fully saturated rings. The summed E-state index contributed by atoms with van der Waals surface area (Å²) in [6.07, 6.45) is 1.96. The second kappa shape index (κ2) is 7.42. The Labute approximate surface area is 124 Å². The first-order valence-electron chi connectivity index (χ1n) is 5.94. The van der Waals surface area contributed by atoms with E-state index in [2.05, 4.69) is 5.32 Å². The summed E-state index contributed by atoms with van der Waals surface area (Å²) >= 11 is 1.85. The maximum absolute atomic E-state index is 12.9. The van der Waals surface area contributed by atoms with E-state index in [4.69, 9.17) is 5.11 Å². The Balaban J connectivity index is 2.78. The van der Waals surface area contributed by atoms with Gasteiger partial charge in [-0.1, -0.05) is 19.8 Å². The molecule has 1 unspecified atom stereocenters. The number of nitrogens with one attached hydrogen (secondary N) is 1. The van der Waals surface area contributed by atoms with Crippen LogP contribution in [0, 0.1) is 9.39 Å². The molecule has 19 heavy (non-hydrogen) atoms. The maximum Gasteiger partial charge on any atom is 0.326 e. The molecule has 0 aliphatic carbocycles. The molecule has 1 amide bonds. The lowest BCUT2D eigenvalue weighted by Gasteiger charge is -2.14. The Bertz CT molecular complexity index is 479. The summed E-state index contributed by atoms with van der Waals surface area (Å²) in [5.74, 6) is -1.98. The molecule has 0 aliphatic rings. The van der Waals surface area contributed by atoms with Crippen LogP contribution in [-0.4, -0.2) is 23.0 Å². The zero-order chi connectivity index (χ0) is 14.4. The molecule has 1 aromatic rings. The van der Waals surface area contributed by atoms with E-state index in [0.717, 1.165) is 12.8 Å². The fourth-order valence-corrected chi connectivity index (χ4v) is 2.30. The molecule has 0 aliphatic heterocycles. The van der Waals surface area contributed by atoms with Crippen molar-refractivity contribution in [3.8, 4) is 0 Å². The van der Waals surface area contributed by atoms with Gasteiger partial charge in [0.2, 0.25) is 0 Å². The molecule has 2 N–H and O–H groups in total. The minimum Gasteiger partial charge on any atom is -0.480 e. The first kappa shape index (κ1) is 15.9. The fraction of sp³-hybridized carbons (Fsp3) is 0.385. The number of benzene rings is 1. The Kier molecular flexibility index (Phi) is 6.20. The lowest BCUT2D eigenvalue weighted by atomic mass is 10.1. The molecule has 0 bridgehead atoms. The topological polar surface area (TPSA) is 66.4 Å². The molecule has 1 atom stereocenters. The van der Waals surface area contributed by atoms with Crippen molar-refractivity contribution in [3.63, 3.8) is 0 Å². The number of carboxylic acid groups (broad SMARTS) is 1. The number of unbranched alkanes of at least 4 members (excludes halogenated alkanes) is 1. The molecule has 1 rings (SSSR count). The molecule has 1 aromatic carbocycles. The molecule has 0 heterocycles. The highest BCUT2D eigenvalue weighted by molar-refractivity contribution is 14.1. The summed E-state index contributed by atoms with van der Waals surface area (Å²) in [7, 11) is 0. The average molecular weight is 379 g/mol. The van der Waals surface area contributed by atoms with Crippen LogP contribution in [0.15, 0.2) is 18.2 Å². The number of aliphatic carboxylic acids is 1. The van der Waals surface area contributed by atoms with Crippen molar-refractivity contribution >= 4 is 34.5 Å². The zero-order valence-electron chi connectivity index (χ0n) is 10.5. The first-order chi connectivity index (χ1) is 8.95. The molecule has 0 saturated heterocycles. The fourth-order valence-electron chi connectivity index (χ4n) is 1.58. The molecular weight excluding hydrogens is 364 g/mol. The molecule has 6 heteroatoms. The van der Waals surface area contributed by atoms with Gasteiger partial charge in [0.05, 0.1) is 5.56 Å². The summed E-state index contributed by atoms with van der Waals surface area (Å²) in [5.41, 5.74) is 0.282. The van der Waals surface area contributed by atoms with Crippen LogP contribution in [0.3, 0.4) is 0 Å². The third kappa shape index (κ3) is 4.77. The van der Waals surface area contributed by atoms with E-state index in [9.17, 15) is 14.0 Å². The van der Waals surface area contributed by atoms with E-state index in [1.54, 1.807) is 0 Å². The summed E-state index contributed by atoms with van der Waals surface area (Å²) in [4.78, 5) is 23.0. The van der Waals surface area contributed by atoms with Crippen LogP contribution in [0.1, 0.15) is 36.5 Å². The van der Waals surface area contributed by atoms with E-state index < -0.39 is 23.7 Å². The molecule has 0 spiro atoms. The zero-order valence-corrected chi connectivity index (χ0v) is 12.6. The monoisotopic (exact) mass is 379 g/mol. The van der Waals surface area contributed by atoms with Gasteiger partial charge in [0.15, 0.2) is 0 Å². The first-order valence-corrected chi connectivity index (χ1v) is 7.02. The SMILES string of the molecule is CCCCC(NC(=O)c1ccc(F)cc1I)C(=O)O. The Morgan fingerprint density at radius 1 is 1.47 bits per heavy atom. The second-order valence-corrected chi connectivity index (χ2v) is 5.29. The van der Waals surface area contributed by atoms with Crippen LogP contribution in [0.2, 0.25) is 0 Å². The van der Waals surface area contributed by atoms with Crippen molar-refractivity contribution in [2.24, 2.45) is 0 Å². The van der Waals surface area contributed by atoms with Crippen molar-refractivity contribution < 1.29 is 19.1 Å². The molecule has 104 valence electrons. The smallest absolute Gasteiger partial charge is 0.326 e. The third-order valence-corrected chi connectivity index (χ3v) is 3.52. The number of amides is 1. The Morgan fingerprint density at radius 2 is 2.16 bits per heavy atom. The summed E-state index contributed by atoms with van der Waals surface area (Å²) in [5, 5.41) is 11.5. The van der Waals surface area contributed by atoms with E-state index in [0.29, 0.717) is 9.99 Å². The van der Waals surface area contributed by atoms with Gasteiger partial charge in [-0.2, -0.15) is 0 Å². The number of halogens is 2. The predicted octanol–water partition coefficient (Wildman–Crippen LogP) is 2.80. The minimum absolute atomic E-state index is 0.282. The van der Waals surface area contributed by atoms with Gasteiger partial charge in [0.25, 0.3) is 5.91 Å². The standard InChI is InChI=1S/C13H15FINO3/c1-2-3-4-11(13(18)19)16-12(17)9-6-5-8(14)7-10(9)15/h5-7,11H,2-4H2,1H3,(H,16,17)(H,18,19). The van der Waals surface area contributed by atoms with Crippen molar-refractivity contribution in [1.82, 2.24) is 5.32 Å². The van der Waals surface area contributed by atoms with Gasteiger partial charge in [0.1, 0.15) is 11.9 Å². The van der Waals surface area contributed by atoms with Gasteiger partial charge in [0, 0.05) is 3.57 Å². The highest BCUT2D eigenvalue weighted by Crippen LogP contribution is 2.14. The van der Waals surface area contributed by atoms with E-state index >= 15 is 0 Å². The van der Waals surface area contributed by atoms with Crippen LogP contribution < -0.4 is 5.32 Å². The quantitative estimate of drug-likeness (QED) is 0.748.